The fourth-order valence-electron chi connectivity index (χ4n) is 4.10. The predicted molar refractivity (Wildman–Crippen MR) is 116 cm³/mol. The summed E-state index contributed by atoms with van der Waals surface area (Å²) < 4.78 is 53.3. The third-order valence-electron chi connectivity index (χ3n) is 5.74. The average molecular weight is 445 g/mol. The molecule has 0 spiro atoms. The number of nitrogens with zero attached hydrogens (tertiary/aromatic N) is 2. The molecule has 8 heteroatoms. The van der Waals surface area contributed by atoms with Crippen LogP contribution in [0.4, 0.5) is 23.2 Å². The van der Waals surface area contributed by atoms with Crippen LogP contribution in [0, 0.1) is 12.7 Å². The van der Waals surface area contributed by atoms with E-state index in [4.69, 9.17) is 5.73 Å². The third kappa shape index (κ3) is 4.47. The van der Waals surface area contributed by atoms with Crippen LogP contribution in [0.2, 0.25) is 0 Å². The largest absolute Gasteiger partial charge is 0.416 e. The van der Waals surface area contributed by atoms with Gasteiger partial charge in [0, 0.05) is 42.7 Å². The first-order valence-electron chi connectivity index (χ1n) is 10.3. The summed E-state index contributed by atoms with van der Waals surface area (Å²) in [6.45, 7) is 2.57. The lowest BCUT2D eigenvalue weighted by molar-refractivity contribution is -0.137. The Morgan fingerprint density at radius 1 is 1.03 bits per heavy atom. The average Bonchev–Trinajstić information content (AvgIpc) is 2.74. The molecule has 3 N–H and O–H groups in total. The minimum atomic E-state index is -4.44. The van der Waals surface area contributed by atoms with E-state index in [1.54, 1.807) is 19.3 Å². The second kappa shape index (κ2) is 8.52. The summed E-state index contributed by atoms with van der Waals surface area (Å²) in [5.74, 6) is -0.397. The number of benzene rings is 2. The second-order valence-electron chi connectivity index (χ2n) is 8.14. The van der Waals surface area contributed by atoms with Crippen molar-refractivity contribution in [2.75, 3.05) is 18.0 Å². The van der Waals surface area contributed by atoms with Gasteiger partial charge in [0.25, 0.3) is 0 Å². The molecule has 0 unspecified atom stereocenters. The standard InChI is InChI=1S/C24H23F4N3O/c1-14-8-16(10-18(25)9-14)20-12-30-11-19(15-2-4-17(5-3-15)24(26,27)28)23(20)31-7-6-21(29)22(32)13-31/h2-5,8-12,21-22,32H,6-7,13,29H2,1H3/t21-,22+/m0/s1. The maximum atomic E-state index is 14.2. The number of aromatic nitrogens is 1. The SMILES string of the molecule is Cc1cc(F)cc(-c2cncc(-c3ccc(C(F)(F)F)cc3)c2N2CC[C@H](N)[C@H](O)C2)c1. The normalized spacial score (nSPS) is 19.3. The van der Waals surface area contributed by atoms with Crippen molar-refractivity contribution in [2.45, 2.75) is 31.7 Å². The van der Waals surface area contributed by atoms with Crippen LogP contribution in [0.5, 0.6) is 0 Å². The van der Waals surface area contributed by atoms with Gasteiger partial charge in [0.1, 0.15) is 5.82 Å². The lowest BCUT2D eigenvalue weighted by Gasteiger charge is -2.37. The Labute approximate surface area is 183 Å². The van der Waals surface area contributed by atoms with Crippen LogP contribution >= 0.6 is 0 Å². The Morgan fingerprint density at radius 2 is 1.69 bits per heavy atom. The van der Waals surface area contributed by atoms with E-state index in [9.17, 15) is 22.7 Å². The Morgan fingerprint density at radius 3 is 2.28 bits per heavy atom. The van der Waals surface area contributed by atoms with Gasteiger partial charge in [0.2, 0.25) is 0 Å². The fraction of sp³-hybridized carbons (Fsp3) is 0.292. The minimum absolute atomic E-state index is 0.250. The molecule has 0 saturated carbocycles. The molecule has 0 amide bonds. The molecule has 0 radical (unpaired) electrons. The maximum absolute atomic E-state index is 14.2. The number of hydrogen-bond acceptors (Lipinski definition) is 4. The first kappa shape index (κ1) is 22.2. The van der Waals surface area contributed by atoms with Crippen LogP contribution in [0.1, 0.15) is 17.5 Å². The van der Waals surface area contributed by atoms with Crippen molar-refractivity contribution in [3.8, 4) is 22.3 Å². The van der Waals surface area contributed by atoms with Crippen LogP contribution in [0.25, 0.3) is 22.3 Å². The predicted octanol–water partition coefficient (Wildman–Crippen LogP) is 4.78. The maximum Gasteiger partial charge on any atom is 0.416 e. The number of aryl methyl sites for hydroxylation is 1. The van der Waals surface area contributed by atoms with E-state index >= 15 is 0 Å². The molecule has 1 saturated heterocycles. The Hall–Kier alpha value is -2.97. The zero-order valence-electron chi connectivity index (χ0n) is 17.4. The first-order valence-corrected chi connectivity index (χ1v) is 10.3. The fourth-order valence-corrected chi connectivity index (χ4v) is 4.10. The third-order valence-corrected chi connectivity index (χ3v) is 5.74. The summed E-state index contributed by atoms with van der Waals surface area (Å²) in [7, 11) is 0. The molecule has 2 heterocycles. The van der Waals surface area contributed by atoms with Crippen molar-refractivity contribution in [2.24, 2.45) is 5.73 Å². The van der Waals surface area contributed by atoms with Crippen LogP contribution in [-0.4, -0.2) is 35.3 Å². The van der Waals surface area contributed by atoms with E-state index in [1.165, 1.54) is 24.3 Å². The lowest BCUT2D eigenvalue weighted by atomic mass is 9.94. The summed E-state index contributed by atoms with van der Waals surface area (Å²) in [5, 5.41) is 10.4. The van der Waals surface area contributed by atoms with Gasteiger partial charge in [0.05, 0.1) is 17.4 Å². The molecule has 0 aliphatic carbocycles. The van der Waals surface area contributed by atoms with Crippen molar-refractivity contribution >= 4 is 5.69 Å². The number of hydrogen-bond donors (Lipinski definition) is 2. The lowest BCUT2D eigenvalue weighted by Crippen LogP contribution is -2.50. The molecule has 1 aromatic heterocycles. The Balaban J connectivity index is 1.88. The first-order chi connectivity index (χ1) is 15.1. The molecular formula is C24H23F4N3O. The number of anilines is 1. The summed E-state index contributed by atoms with van der Waals surface area (Å²) in [5.41, 5.74) is 9.00. The number of pyridine rings is 1. The van der Waals surface area contributed by atoms with E-state index in [0.29, 0.717) is 40.9 Å². The summed E-state index contributed by atoms with van der Waals surface area (Å²) >= 11 is 0. The van der Waals surface area contributed by atoms with Crippen molar-refractivity contribution in [3.05, 3.63) is 71.8 Å². The van der Waals surface area contributed by atoms with Crippen LogP contribution in [0.15, 0.2) is 54.9 Å². The van der Waals surface area contributed by atoms with Gasteiger partial charge < -0.3 is 15.7 Å². The second-order valence-corrected chi connectivity index (χ2v) is 8.14. The molecule has 2 aromatic carbocycles. The van der Waals surface area contributed by atoms with E-state index in [-0.39, 0.29) is 12.6 Å². The van der Waals surface area contributed by atoms with Gasteiger partial charge in [0.15, 0.2) is 0 Å². The Kier molecular flexibility index (Phi) is 5.92. The highest BCUT2D eigenvalue weighted by molar-refractivity contribution is 5.90. The molecule has 1 fully saturated rings. The zero-order chi connectivity index (χ0) is 23.0. The molecule has 4 nitrogen and oxygen atoms in total. The van der Waals surface area contributed by atoms with Crippen LogP contribution in [-0.2, 0) is 6.18 Å². The van der Waals surface area contributed by atoms with Crippen molar-refractivity contribution in [1.29, 1.82) is 0 Å². The number of β-amino-alcohol motifs (C(OH)–C–C–N with tert-alkyl or cyclic N) is 1. The molecule has 32 heavy (non-hydrogen) atoms. The molecular weight excluding hydrogens is 422 g/mol. The molecule has 4 rings (SSSR count). The minimum Gasteiger partial charge on any atom is -0.390 e. The topological polar surface area (TPSA) is 62.4 Å². The van der Waals surface area contributed by atoms with Crippen molar-refractivity contribution in [1.82, 2.24) is 4.98 Å². The number of rotatable bonds is 3. The van der Waals surface area contributed by atoms with Crippen molar-refractivity contribution < 1.29 is 22.7 Å². The van der Waals surface area contributed by atoms with Gasteiger partial charge in [-0.2, -0.15) is 13.2 Å². The van der Waals surface area contributed by atoms with E-state index < -0.39 is 23.7 Å². The monoisotopic (exact) mass is 445 g/mol. The number of nitrogens with two attached hydrogens (primary N) is 1. The summed E-state index contributed by atoms with van der Waals surface area (Å²) in [6, 6.07) is 9.13. The number of piperidine rings is 1. The molecule has 1 aliphatic rings. The van der Waals surface area contributed by atoms with Gasteiger partial charge in [-0.25, -0.2) is 4.39 Å². The molecule has 3 aromatic rings. The van der Waals surface area contributed by atoms with E-state index in [0.717, 1.165) is 17.7 Å². The highest BCUT2D eigenvalue weighted by atomic mass is 19.4. The molecule has 168 valence electrons. The quantitative estimate of drug-likeness (QED) is 0.570. The van der Waals surface area contributed by atoms with Crippen LogP contribution in [0.3, 0.4) is 0 Å². The smallest absolute Gasteiger partial charge is 0.390 e. The molecule has 2 atom stereocenters. The Bertz CT molecular complexity index is 1090. The molecule has 0 bridgehead atoms. The van der Waals surface area contributed by atoms with Crippen molar-refractivity contribution in [3.63, 3.8) is 0 Å². The number of alkyl halides is 3. The highest BCUT2D eigenvalue weighted by Crippen LogP contribution is 2.41. The highest BCUT2D eigenvalue weighted by Gasteiger charge is 2.31. The van der Waals surface area contributed by atoms with Gasteiger partial charge >= 0.3 is 6.18 Å². The number of halogens is 4. The van der Waals surface area contributed by atoms with Gasteiger partial charge in [-0.1, -0.05) is 18.2 Å². The summed E-state index contributed by atoms with van der Waals surface area (Å²) in [6.07, 6.45) is -1.47. The van der Waals surface area contributed by atoms with Crippen LogP contribution < -0.4 is 10.6 Å². The summed E-state index contributed by atoms with van der Waals surface area (Å²) in [4.78, 5) is 6.24. The van der Waals surface area contributed by atoms with E-state index in [2.05, 4.69) is 4.98 Å². The van der Waals surface area contributed by atoms with Gasteiger partial charge in [-0.15, -0.1) is 0 Å². The van der Waals surface area contributed by atoms with E-state index in [1.807, 2.05) is 11.0 Å². The number of aliphatic hydroxyl groups excluding tert-OH is 1. The van der Waals surface area contributed by atoms with Gasteiger partial charge in [-0.3, -0.25) is 4.98 Å². The molecule has 1 aliphatic heterocycles. The van der Waals surface area contributed by atoms with Gasteiger partial charge in [-0.05, 0) is 54.3 Å². The zero-order valence-corrected chi connectivity index (χ0v) is 17.4. The number of aliphatic hydroxyl groups is 1.